The molecule has 3 aliphatic rings. The Morgan fingerprint density at radius 2 is 1.69 bits per heavy atom. The van der Waals surface area contributed by atoms with Crippen molar-refractivity contribution in [2.75, 3.05) is 26.0 Å². The molecular formula is C34H41N3O8. The molecule has 2 unspecified atom stereocenters. The lowest BCUT2D eigenvalue weighted by Crippen LogP contribution is -2.77. The Morgan fingerprint density at radius 1 is 1.04 bits per heavy atom. The normalized spacial score (nSPS) is 31.3. The first-order chi connectivity index (χ1) is 21.1. The van der Waals surface area contributed by atoms with Gasteiger partial charge in [-0.2, -0.15) is 0 Å². The number of likely N-dealkylation sites (N-methyl/N-ethyl adjacent to an activating group) is 1. The number of aliphatic hydroxyl groups is 2. The zero-order chi connectivity index (χ0) is 33.2. The number of benzene rings is 2. The first-order valence-electron chi connectivity index (χ1n) is 15.2. The van der Waals surface area contributed by atoms with Gasteiger partial charge < -0.3 is 26.4 Å². The van der Waals surface area contributed by atoms with E-state index < -0.39 is 81.8 Å². The number of hydrogen-bond donors (Lipinski definition) is 5. The molecule has 0 heterocycles. The number of ketones is 4. The number of amides is 1. The third-order valence-electron chi connectivity index (χ3n) is 10.3. The van der Waals surface area contributed by atoms with Gasteiger partial charge in [0.25, 0.3) is 0 Å². The molecule has 0 radical (unpaired) electrons. The van der Waals surface area contributed by atoms with Crippen LogP contribution in [0.2, 0.25) is 0 Å². The Hall–Kier alpha value is -3.93. The van der Waals surface area contributed by atoms with Gasteiger partial charge in [-0.05, 0) is 56.0 Å². The van der Waals surface area contributed by atoms with Crippen LogP contribution >= 0.6 is 0 Å². The minimum absolute atomic E-state index is 0.0886. The van der Waals surface area contributed by atoms with E-state index in [0.29, 0.717) is 24.1 Å². The van der Waals surface area contributed by atoms with Gasteiger partial charge in [0.1, 0.15) is 5.75 Å². The molecule has 8 atom stereocenters. The van der Waals surface area contributed by atoms with Crippen LogP contribution in [0.15, 0.2) is 42.5 Å². The average molecular weight is 620 g/mol. The summed E-state index contributed by atoms with van der Waals surface area (Å²) in [5.74, 6) is -13.2. The number of rotatable bonds is 8. The summed E-state index contributed by atoms with van der Waals surface area (Å²) in [5.41, 5.74) is 3.60. The minimum atomic E-state index is -3.02. The summed E-state index contributed by atoms with van der Waals surface area (Å²) in [4.78, 5) is 68.8. The number of carbonyl (C=O) groups is 5. The predicted molar refractivity (Wildman–Crippen MR) is 165 cm³/mol. The number of nitrogens with zero attached hydrogens (tertiary/aromatic N) is 1. The number of phenols is 1. The van der Waals surface area contributed by atoms with Crippen molar-refractivity contribution in [2.45, 2.75) is 62.7 Å². The van der Waals surface area contributed by atoms with Gasteiger partial charge in [-0.1, -0.05) is 51.1 Å². The Labute approximate surface area is 261 Å². The van der Waals surface area contributed by atoms with E-state index in [1.807, 2.05) is 44.2 Å². The van der Waals surface area contributed by atoms with Gasteiger partial charge in [0, 0.05) is 23.7 Å². The van der Waals surface area contributed by atoms with Crippen molar-refractivity contribution in [1.29, 1.82) is 0 Å². The van der Waals surface area contributed by atoms with Crippen molar-refractivity contribution in [3.05, 3.63) is 59.2 Å². The van der Waals surface area contributed by atoms with Gasteiger partial charge in [0.2, 0.25) is 5.91 Å². The van der Waals surface area contributed by atoms with E-state index in [1.54, 1.807) is 19.1 Å². The molecule has 11 nitrogen and oxygen atoms in total. The Kier molecular flexibility index (Phi) is 8.26. The largest absolute Gasteiger partial charge is 0.507 e. The number of aliphatic hydroxyl groups excluding tert-OH is 1. The molecule has 2 aromatic rings. The van der Waals surface area contributed by atoms with Crippen LogP contribution in [-0.4, -0.2) is 87.6 Å². The van der Waals surface area contributed by atoms with Crippen LogP contribution in [0.5, 0.6) is 5.75 Å². The second kappa shape index (κ2) is 11.5. The van der Waals surface area contributed by atoms with Crippen molar-refractivity contribution >= 4 is 34.7 Å². The van der Waals surface area contributed by atoms with Gasteiger partial charge in [0.05, 0.1) is 29.5 Å². The summed E-state index contributed by atoms with van der Waals surface area (Å²) in [6.45, 7) is 6.28. The van der Waals surface area contributed by atoms with Gasteiger partial charge in [0.15, 0.2) is 34.7 Å². The number of nitrogens with one attached hydrogen (secondary N) is 1. The monoisotopic (exact) mass is 619 g/mol. The standard InChI is InChI=1S/C34H41N3O8/c1-16-18-12-13-19(33(2,3)14-9-15-36-17-10-7-6-8-11-17)26(38)21(18)27(39)22-20(16)28(40)24-25(37(4)5)29(41)23(32(35)44)31(43)34(24,45)30(22)42/h6-8,10-13,16,20,22-25,28,36,38,40,45H,9,14-15H2,1-5H3,(H2,35,44)/t16-,20+,22?,23?,24+,25-,28-,34-/m1/s1. The molecule has 0 saturated heterocycles. The lowest BCUT2D eigenvalue weighted by atomic mass is 9.49. The van der Waals surface area contributed by atoms with Crippen LogP contribution in [0.25, 0.3) is 0 Å². The number of fused-ring (bicyclic) bond motifs is 3. The van der Waals surface area contributed by atoms with Gasteiger partial charge in [-0.3, -0.25) is 28.9 Å². The van der Waals surface area contributed by atoms with Crippen molar-refractivity contribution in [1.82, 2.24) is 4.90 Å². The zero-order valence-electron chi connectivity index (χ0n) is 26.1. The highest BCUT2D eigenvalue weighted by Crippen LogP contribution is 2.55. The number of Topliss-reactive ketones (excluding diaryl/α,β-unsaturated/α-hetero) is 4. The number of hydrogen-bond acceptors (Lipinski definition) is 10. The maximum atomic E-state index is 14.2. The van der Waals surface area contributed by atoms with Crippen LogP contribution in [0, 0.1) is 23.7 Å². The molecule has 1 amide bonds. The average Bonchev–Trinajstić information content (AvgIpc) is 2.97. The lowest BCUT2D eigenvalue weighted by Gasteiger charge is -2.56. The molecule has 0 aliphatic heterocycles. The lowest BCUT2D eigenvalue weighted by molar-refractivity contribution is -0.196. The number of carbonyl (C=O) groups excluding carboxylic acids is 5. The maximum Gasteiger partial charge on any atom is 0.235 e. The van der Waals surface area contributed by atoms with Crippen LogP contribution in [-0.2, 0) is 24.6 Å². The second-order valence-electron chi connectivity index (χ2n) is 13.6. The van der Waals surface area contributed by atoms with Crippen LogP contribution in [0.3, 0.4) is 0 Å². The summed E-state index contributed by atoms with van der Waals surface area (Å²) in [6, 6.07) is 11.8. The Bertz CT molecular complexity index is 1570. The van der Waals surface area contributed by atoms with Gasteiger partial charge in [-0.15, -0.1) is 0 Å². The fraction of sp³-hybridized carbons (Fsp3) is 0.500. The summed E-state index contributed by atoms with van der Waals surface area (Å²) >= 11 is 0. The summed E-state index contributed by atoms with van der Waals surface area (Å²) in [6.07, 6.45) is -0.257. The van der Waals surface area contributed by atoms with E-state index in [-0.39, 0.29) is 11.3 Å². The molecule has 2 saturated carbocycles. The summed E-state index contributed by atoms with van der Waals surface area (Å²) < 4.78 is 0. The van der Waals surface area contributed by atoms with Crippen molar-refractivity contribution < 1.29 is 39.3 Å². The smallest absolute Gasteiger partial charge is 0.235 e. The first kappa shape index (κ1) is 32.5. The van der Waals surface area contributed by atoms with E-state index in [4.69, 9.17) is 5.73 Å². The van der Waals surface area contributed by atoms with Crippen LogP contribution in [0.4, 0.5) is 5.69 Å². The first-order valence-corrected chi connectivity index (χ1v) is 15.2. The molecule has 2 fully saturated rings. The second-order valence-corrected chi connectivity index (χ2v) is 13.6. The van der Waals surface area contributed by atoms with Crippen molar-refractivity contribution in [2.24, 2.45) is 29.4 Å². The Morgan fingerprint density at radius 3 is 2.29 bits per heavy atom. The van der Waals surface area contributed by atoms with E-state index >= 15 is 0 Å². The third-order valence-corrected chi connectivity index (χ3v) is 10.3. The molecule has 0 bridgehead atoms. The topological polar surface area (TPSA) is 187 Å². The van der Waals surface area contributed by atoms with E-state index in [1.165, 1.54) is 19.0 Å². The van der Waals surface area contributed by atoms with Gasteiger partial charge in [-0.25, -0.2) is 0 Å². The maximum absolute atomic E-state index is 14.2. The molecular weight excluding hydrogens is 578 g/mol. The third kappa shape index (κ3) is 4.88. The van der Waals surface area contributed by atoms with Crippen molar-refractivity contribution in [3.63, 3.8) is 0 Å². The number of phenolic OH excluding ortho intramolecular Hbond substituents is 1. The molecule has 3 aliphatic carbocycles. The molecule has 6 N–H and O–H groups in total. The van der Waals surface area contributed by atoms with Crippen LogP contribution in [0.1, 0.15) is 61.0 Å². The summed E-state index contributed by atoms with van der Waals surface area (Å²) in [7, 11) is 2.92. The predicted octanol–water partition coefficient (Wildman–Crippen LogP) is 1.57. The zero-order valence-corrected chi connectivity index (χ0v) is 26.1. The number of primary amides is 1. The fourth-order valence-corrected chi connectivity index (χ4v) is 7.99. The molecule has 0 spiro atoms. The number of nitrogens with two attached hydrogens (primary N) is 1. The highest BCUT2D eigenvalue weighted by molar-refractivity contribution is 6.32. The Balaban J connectivity index is 1.51. The number of aromatic hydroxyl groups is 1. The summed E-state index contributed by atoms with van der Waals surface area (Å²) in [5, 5.41) is 38.5. The number of anilines is 1. The highest BCUT2D eigenvalue weighted by atomic mass is 16.3. The van der Waals surface area contributed by atoms with E-state index in [0.717, 1.165) is 12.1 Å². The molecule has 240 valence electrons. The fourth-order valence-electron chi connectivity index (χ4n) is 7.99. The molecule has 2 aromatic carbocycles. The minimum Gasteiger partial charge on any atom is -0.507 e. The van der Waals surface area contributed by atoms with E-state index in [2.05, 4.69) is 5.32 Å². The SMILES string of the molecule is C[C@@H]1c2ccc(C(C)(C)CCCNc3ccccc3)c(O)c2C(=O)C2C(=O)[C@@]3(O)C(=O)C(C(N)=O)C(=O)[C@H](N(C)C)[C@H]3[C@H](O)[C@H]21. The van der Waals surface area contributed by atoms with Gasteiger partial charge >= 0.3 is 0 Å². The molecule has 45 heavy (non-hydrogen) atoms. The van der Waals surface area contributed by atoms with Crippen molar-refractivity contribution in [3.8, 4) is 5.75 Å². The molecule has 11 heteroatoms. The molecule has 0 aromatic heterocycles. The quantitative estimate of drug-likeness (QED) is 0.214. The highest BCUT2D eigenvalue weighted by Gasteiger charge is 2.73. The van der Waals surface area contributed by atoms with Crippen LogP contribution < -0.4 is 11.1 Å². The van der Waals surface area contributed by atoms with E-state index in [9.17, 15) is 39.3 Å². The number of para-hydroxylation sites is 1. The molecule has 5 rings (SSSR count).